The van der Waals surface area contributed by atoms with E-state index in [1.807, 2.05) is 0 Å². The van der Waals surface area contributed by atoms with Crippen LogP contribution in [0.15, 0.2) is 42.5 Å². The van der Waals surface area contributed by atoms with Crippen molar-refractivity contribution in [3.8, 4) is 11.5 Å². The molecule has 6 nitrogen and oxygen atoms in total. The van der Waals surface area contributed by atoms with Crippen molar-refractivity contribution in [2.24, 2.45) is 5.92 Å². The molecule has 4 rings (SSSR count). The molecule has 0 aliphatic carbocycles. The van der Waals surface area contributed by atoms with Gasteiger partial charge in [-0.25, -0.2) is 0 Å². The molecule has 27 heavy (non-hydrogen) atoms. The van der Waals surface area contributed by atoms with Gasteiger partial charge in [0.25, 0.3) is 5.91 Å². The lowest BCUT2D eigenvalue weighted by molar-refractivity contribution is -0.121. The molecule has 2 aromatic carbocycles. The van der Waals surface area contributed by atoms with Crippen LogP contribution in [0.5, 0.6) is 11.5 Å². The molecule has 0 radical (unpaired) electrons. The number of nitrogens with zero attached hydrogens (tertiary/aromatic N) is 1. The van der Waals surface area contributed by atoms with E-state index in [0.717, 1.165) is 0 Å². The van der Waals surface area contributed by atoms with Crippen LogP contribution in [0.4, 0.5) is 5.69 Å². The van der Waals surface area contributed by atoms with Gasteiger partial charge in [0.05, 0.1) is 10.6 Å². The first kappa shape index (κ1) is 17.7. The van der Waals surface area contributed by atoms with E-state index in [4.69, 9.17) is 21.1 Å². The van der Waals surface area contributed by atoms with Crippen molar-refractivity contribution in [1.29, 1.82) is 0 Å². The molecule has 1 saturated heterocycles. The fourth-order valence-electron chi connectivity index (χ4n) is 3.37. The number of amides is 2. The van der Waals surface area contributed by atoms with Crippen molar-refractivity contribution in [2.45, 2.75) is 12.8 Å². The highest BCUT2D eigenvalue weighted by Gasteiger charge is 2.28. The second-order valence-electron chi connectivity index (χ2n) is 6.60. The minimum atomic E-state index is -0.134. The summed E-state index contributed by atoms with van der Waals surface area (Å²) >= 11 is 6.12. The second kappa shape index (κ2) is 7.48. The van der Waals surface area contributed by atoms with E-state index in [0.29, 0.717) is 53.7 Å². The monoisotopic (exact) mass is 386 g/mol. The van der Waals surface area contributed by atoms with Crippen LogP contribution in [0, 0.1) is 5.92 Å². The quantitative estimate of drug-likeness (QED) is 0.875. The number of fused-ring (bicyclic) bond motifs is 1. The summed E-state index contributed by atoms with van der Waals surface area (Å²) in [7, 11) is 0. The van der Waals surface area contributed by atoms with E-state index >= 15 is 0 Å². The summed E-state index contributed by atoms with van der Waals surface area (Å²) < 4.78 is 10.6. The molecule has 0 spiro atoms. The molecule has 0 bridgehead atoms. The van der Waals surface area contributed by atoms with Crippen molar-refractivity contribution in [3.05, 3.63) is 53.1 Å². The van der Waals surface area contributed by atoms with Crippen molar-refractivity contribution in [1.82, 2.24) is 4.90 Å². The highest BCUT2D eigenvalue weighted by atomic mass is 35.5. The summed E-state index contributed by atoms with van der Waals surface area (Å²) in [6.45, 7) is 1.26. The Hall–Kier alpha value is -2.73. The zero-order valence-corrected chi connectivity index (χ0v) is 15.4. The normalized spacial score (nSPS) is 16.3. The first-order valence-electron chi connectivity index (χ1n) is 8.86. The Balaban J connectivity index is 1.34. The third kappa shape index (κ3) is 3.71. The Labute approximate surface area is 162 Å². The zero-order valence-electron chi connectivity index (χ0n) is 14.6. The topological polar surface area (TPSA) is 67.9 Å². The number of hydrogen-bond donors (Lipinski definition) is 1. The minimum Gasteiger partial charge on any atom is -0.454 e. The van der Waals surface area contributed by atoms with Crippen molar-refractivity contribution < 1.29 is 19.1 Å². The van der Waals surface area contributed by atoms with E-state index in [9.17, 15) is 9.59 Å². The maximum Gasteiger partial charge on any atom is 0.255 e. The molecule has 0 atom stereocenters. The fourth-order valence-corrected chi connectivity index (χ4v) is 3.58. The highest BCUT2D eigenvalue weighted by molar-refractivity contribution is 6.33. The van der Waals surface area contributed by atoms with Gasteiger partial charge in [-0.1, -0.05) is 23.7 Å². The Morgan fingerprint density at radius 1 is 1.04 bits per heavy atom. The molecular weight excluding hydrogens is 368 g/mol. The number of ether oxygens (including phenoxy) is 2. The molecular formula is C20H19ClN2O4. The van der Waals surface area contributed by atoms with Gasteiger partial charge in [0.15, 0.2) is 11.5 Å². The third-order valence-electron chi connectivity index (χ3n) is 4.90. The third-order valence-corrected chi connectivity index (χ3v) is 5.23. The number of halogens is 1. The summed E-state index contributed by atoms with van der Waals surface area (Å²) in [6.07, 6.45) is 1.24. The first-order chi connectivity index (χ1) is 13.1. The van der Waals surface area contributed by atoms with Crippen LogP contribution in [0.25, 0.3) is 0 Å². The summed E-state index contributed by atoms with van der Waals surface area (Å²) in [5.41, 5.74) is 1.18. The van der Waals surface area contributed by atoms with Crippen molar-refractivity contribution in [2.75, 3.05) is 25.2 Å². The van der Waals surface area contributed by atoms with Gasteiger partial charge in [-0.3, -0.25) is 9.59 Å². The van der Waals surface area contributed by atoms with Crippen LogP contribution in [0.3, 0.4) is 0 Å². The molecule has 2 aliphatic rings. The number of likely N-dealkylation sites (tertiary alicyclic amines) is 1. The highest BCUT2D eigenvalue weighted by Crippen LogP contribution is 2.34. The molecule has 0 unspecified atom stereocenters. The van der Waals surface area contributed by atoms with Gasteiger partial charge < -0.3 is 19.7 Å². The Bertz CT molecular complexity index is 878. The van der Waals surface area contributed by atoms with Crippen LogP contribution in [0.1, 0.15) is 23.2 Å². The average molecular weight is 387 g/mol. The number of rotatable bonds is 3. The largest absolute Gasteiger partial charge is 0.454 e. The molecule has 2 aliphatic heterocycles. The summed E-state index contributed by atoms with van der Waals surface area (Å²) in [5, 5.41) is 3.38. The maximum absolute atomic E-state index is 12.6. The molecule has 0 saturated carbocycles. The lowest BCUT2D eigenvalue weighted by atomic mass is 9.95. The predicted octanol–water partition coefficient (Wildman–Crippen LogP) is 3.56. The number of benzene rings is 2. The van der Waals surface area contributed by atoms with Crippen LogP contribution < -0.4 is 14.8 Å². The standard InChI is InChI=1S/C20H19ClN2O4/c21-16-4-2-1-3-15(16)20(25)23-9-7-13(8-10-23)19(24)22-14-5-6-17-18(11-14)27-12-26-17/h1-6,11,13H,7-10,12H2,(H,22,24). The molecule has 0 aromatic heterocycles. The molecule has 2 amide bonds. The van der Waals surface area contributed by atoms with Crippen molar-refractivity contribution in [3.63, 3.8) is 0 Å². The van der Waals surface area contributed by atoms with E-state index in [2.05, 4.69) is 5.32 Å². The van der Waals surface area contributed by atoms with Crippen molar-refractivity contribution >= 4 is 29.1 Å². The SMILES string of the molecule is O=C(Nc1ccc2c(c1)OCO2)C1CCN(C(=O)c2ccccc2Cl)CC1. The number of carbonyl (C=O) groups excluding carboxylic acids is 2. The Kier molecular flexibility index (Phi) is 4.90. The predicted molar refractivity (Wildman–Crippen MR) is 101 cm³/mol. The first-order valence-corrected chi connectivity index (χ1v) is 9.24. The number of piperidine rings is 1. The second-order valence-corrected chi connectivity index (χ2v) is 7.01. The van der Waals surface area contributed by atoms with Crippen LogP contribution in [-0.2, 0) is 4.79 Å². The lowest BCUT2D eigenvalue weighted by Gasteiger charge is -2.31. The summed E-state index contributed by atoms with van der Waals surface area (Å²) in [4.78, 5) is 26.9. The number of hydrogen-bond acceptors (Lipinski definition) is 4. The minimum absolute atomic E-state index is 0.0429. The Morgan fingerprint density at radius 3 is 2.56 bits per heavy atom. The molecule has 2 heterocycles. The van der Waals surface area contributed by atoms with Crippen LogP contribution in [0.2, 0.25) is 5.02 Å². The fraction of sp³-hybridized carbons (Fsp3) is 0.300. The molecule has 1 N–H and O–H groups in total. The zero-order chi connectivity index (χ0) is 18.8. The van der Waals surface area contributed by atoms with Gasteiger partial charge in [0.1, 0.15) is 0 Å². The van der Waals surface area contributed by atoms with Gasteiger partial charge >= 0.3 is 0 Å². The number of nitrogens with one attached hydrogen (secondary N) is 1. The number of anilines is 1. The van der Waals surface area contributed by atoms with E-state index in [-0.39, 0.29) is 24.5 Å². The van der Waals surface area contributed by atoms with E-state index < -0.39 is 0 Å². The van der Waals surface area contributed by atoms with Gasteiger partial charge in [-0.15, -0.1) is 0 Å². The number of carbonyl (C=O) groups is 2. The molecule has 140 valence electrons. The molecule has 7 heteroatoms. The molecule has 1 fully saturated rings. The summed E-state index contributed by atoms with van der Waals surface area (Å²) in [5.74, 6) is 1.05. The van der Waals surface area contributed by atoms with Gasteiger partial charge in [-0.05, 0) is 37.1 Å². The van der Waals surface area contributed by atoms with E-state index in [1.165, 1.54) is 0 Å². The molecule has 2 aromatic rings. The van der Waals surface area contributed by atoms with Gasteiger partial charge in [0.2, 0.25) is 12.7 Å². The van der Waals surface area contributed by atoms with Crippen LogP contribution in [-0.4, -0.2) is 36.6 Å². The van der Waals surface area contributed by atoms with Gasteiger partial charge in [0, 0.05) is 30.8 Å². The maximum atomic E-state index is 12.6. The van der Waals surface area contributed by atoms with Gasteiger partial charge in [-0.2, -0.15) is 0 Å². The average Bonchev–Trinajstić information content (AvgIpc) is 3.16. The Morgan fingerprint density at radius 2 is 1.78 bits per heavy atom. The summed E-state index contributed by atoms with van der Waals surface area (Å²) in [6, 6.07) is 12.4. The van der Waals surface area contributed by atoms with E-state index in [1.54, 1.807) is 47.4 Å². The lowest BCUT2D eigenvalue weighted by Crippen LogP contribution is -2.41. The smallest absolute Gasteiger partial charge is 0.255 e. The van der Waals surface area contributed by atoms with Crippen LogP contribution >= 0.6 is 11.6 Å².